The molecule has 5 rings (SSSR count). The zero-order valence-corrected chi connectivity index (χ0v) is 25.6. The number of anilines is 1. The molecule has 3 heterocycles. The van der Waals surface area contributed by atoms with Crippen LogP contribution in [0.15, 0.2) is 90.1 Å². The highest BCUT2D eigenvalue weighted by molar-refractivity contribution is 6.04. The molecule has 0 aliphatic heterocycles. The molecule has 42 heavy (non-hydrogen) atoms. The number of rotatable bonds is 5. The molecule has 8 heteroatoms. The highest BCUT2D eigenvalue weighted by atomic mass is 35.5. The van der Waals surface area contributed by atoms with Crippen molar-refractivity contribution in [3.63, 3.8) is 0 Å². The lowest BCUT2D eigenvalue weighted by Gasteiger charge is -2.26. The van der Waals surface area contributed by atoms with Gasteiger partial charge in [-0.05, 0) is 76.1 Å². The van der Waals surface area contributed by atoms with Crippen molar-refractivity contribution < 1.29 is 4.79 Å². The van der Waals surface area contributed by atoms with E-state index in [0.29, 0.717) is 40.2 Å². The molecule has 0 saturated carbocycles. The molecule has 0 saturated heterocycles. The smallest absolute Gasteiger partial charge is 0.278 e. The van der Waals surface area contributed by atoms with E-state index in [1.54, 1.807) is 35.3 Å². The number of nitrogens with zero attached hydrogens (tertiary/aromatic N) is 4. The maximum absolute atomic E-state index is 13.8. The molecule has 0 spiro atoms. The Morgan fingerprint density at radius 2 is 1.55 bits per heavy atom. The van der Waals surface area contributed by atoms with E-state index >= 15 is 0 Å². The van der Waals surface area contributed by atoms with Gasteiger partial charge in [-0.1, -0.05) is 59.7 Å². The van der Waals surface area contributed by atoms with Crippen LogP contribution in [0.3, 0.4) is 0 Å². The second-order valence-corrected chi connectivity index (χ2v) is 12.4. The van der Waals surface area contributed by atoms with Gasteiger partial charge in [-0.2, -0.15) is 0 Å². The largest absolute Gasteiger partial charge is 0.322 e. The minimum absolute atomic E-state index is 0. The van der Waals surface area contributed by atoms with E-state index in [0.717, 1.165) is 16.7 Å². The zero-order valence-electron chi connectivity index (χ0n) is 24.8. The molecule has 0 unspecified atom stereocenters. The molecule has 7 nitrogen and oxygen atoms in total. The Kier molecular flexibility index (Phi) is 8.64. The van der Waals surface area contributed by atoms with Gasteiger partial charge in [-0.3, -0.25) is 19.1 Å². The first-order chi connectivity index (χ1) is 19.4. The van der Waals surface area contributed by atoms with E-state index in [4.69, 9.17) is 0 Å². The van der Waals surface area contributed by atoms with Gasteiger partial charge in [0.25, 0.3) is 11.5 Å². The van der Waals surface area contributed by atoms with E-state index in [9.17, 15) is 9.59 Å². The first kappa shape index (κ1) is 30.6. The topological polar surface area (TPSA) is 89.8 Å². The summed E-state index contributed by atoms with van der Waals surface area (Å²) in [6.07, 6.45) is 5.41. The Balaban J connectivity index is 0.00000405. The van der Waals surface area contributed by atoms with E-state index in [1.807, 2.05) is 48.5 Å². The second kappa shape index (κ2) is 11.9. The number of hydrogen-bond donors (Lipinski definition) is 1. The molecular formula is C34H36ClN5O2. The summed E-state index contributed by atoms with van der Waals surface area (Å²) in [5.41, 5.74) is 5.81. The first-order valence-electron chi connectivity index (χ1n) is 13.7. The van der Waals surface area contributed by atoms with Crippen LogP contribution in [0.2, 0.25) is 0 Å². The lowest BCUT2D eigenvalue weighted by atomic mass is 9.79. The highest BCUT2D eigenvalue weighted by Crippen LogP contribution is 2.31. The number of carbonyl (C=O) groups excluding carboxylic acids is 1. The third kappa shape index (κ3) is 6.58. The second-order valence-electron chi connectivity index (χ2n) is 12.4. The molecule has 0 aliphatic carbocycles. The summed E-state index contributed by atoms with van der Waals surface area (Å²) in [5, 5.41) is 3.05. The maximum atomic E-state index is 13.8. The van der Waals surface area contributed by atoms with Crippen LogP contribution in [0.25, 0.3) is 16.9 Å². The van der Waals surface area contributed by atoms with Crippen molar-refractivity contribution in [2.75, 3.05) is 5.32 Å². The summed E-state index contributed by atoms with van der Waals surface area (Å²) in [7, 11) is 0. The molecule has 5 aromatic rings. The van der Waals surface area contributed by atoms with Gasteiger partial charge >= 0.3 is 0 Å². The van der Waals surface area contributed by atoms with E-state index in [2.05, 4.69) is 67.9 Å². The fraction of sp³-hybridized carbons (Fsp3) is 0.265. The van der Waals surface area contributed by atoms with Gasteiger partial charge in [0, 0.05) is 36.3 Å². The SMILES string of the molecule is CC(C)(C)c1cc(C(=O)Nc2cccc(-n3c(=O)c(Cc4cccnc4)nc4cccnc43)c2)cc(C(C)(C)C)c1.Cl. The fourth-order valence-corrected chi connectivity index (χ4v) is 4.67. The number of carbonyl (C=O) groups is 1. The zero-order chi connectivity index (χ0) is 29.4. The number of aromatic nitrogens is 4. The molecular weight excluding hydrogens is 546 g/mol. The average molecular weight is 582 g/mol. The molecule has 0 radical (unpaired) electrons. The van der Waals surface area contributed by atoms with Crippen LogP contribution < -0.4 is 10.9 Å². The van der Waals surface area contributed by atoms with Crippen LogP contribution in [0.1, 0.15) is 74.3 Å². The van der Waals surface area contributed by atoms with Gasteiger partial charge in [0.15, 0.2) is 5.65 Å². The third-order valence-electron chi connectivity index (χ3n) is 7.07. The Morgan fingerprint density at radius 1 is 0.857 bits per heavy atom. The van der Waals surface area contributed by atoms with Crippen LogP contribution >= 0.6 is 12.4 Å². The number of fused-ring (bicyclic) bond motifs is 1. The molecule has 0 aliphatic rings. The molecule has 1 amide bonds. The van der Waals surface area contributed by atoms with E-state index in [-0.39, 0.29) is 34.7 Å². The number of nitrogens with one attached hydrogen (secondary N) is 1. The summed E-state index contributed by atoms with van der Waals surface area (Å²) in [5.74, 6) is -0.207. The maximum Gasteiger partial charge on any atom is 0.278 e. The minimum atomic E-state index is -0.267. The van der Waals surface area contributed by atoms with E-state index < -0.39 is 0 Å². The monoisotopic (exact) mass is 581 g/mol. The predicted molar refractivity (Wildman–Crippen MR) is 171 cm³/mol. The average Bonchev–Trinajstić information content (AvgIpc) is 2.93. The van der Waals surface area contributed by atoms with Crippen molar-refractivity contribution in [2.45, 2.75) is 58.8 Å². The van der Waals surface area contributed by atoms with Crippen molar-refractivity contribution in [1.29, 1.82) is 0 Å². The molecule has 1 N–H and O–H groups in total. The Labute approximate surface area is 252 Å². The standard InChI is InChI=1S/C34H35N5O2.ClH/c1-33(2,3)24-17-23(18-25(19-24)34(4,5)6)31(40)37-26-11-7-12-27(20-26)39-30-28(13-9-15-36-30)38-29(32(39)41)16-22-10-8-14-35-21-22;/h7-15,17-21H,16H2,1-6H3,(H,37,40);1H. The van der Waals surface area contributed by atoms with Crippen LogP contribution in [-0.2, 0) is 17.3 Å². The molecule has 3 aromatic heterocycles. The van der Waals surface area contributed by atoms with Gasteiger partial charge in [0.2, 0.25) is 0 Å². The summed E-state index contributed by atoms with van der Waals surface area (Å²) in [6.45, 7) is 12.9. The van der Waals surface area contributed by atoms with Crippen molar-refractivity contribution >= 4 is 35.2 Å². The van der Waals surface area contributed by atoms with Gasteiger partial charge < -0.3 is 5.32 Å². The molecule has 0 fully saturated rings. The summed E-state index contributed by atoms with van der Waals surface area (Å²) >= 11 is 0. The number of pyridine rings is 2. The fourth-order valence-electron chi connectivity index (χ4n) is 4.67. The third-order valence-corrected chi connectivity index (χ3v) is 7.07. The van der Waals surface area contributed by atoms with E-state index in [1.165, 1.54) is 0 Å². The summed E-state index contributed by atoms with van der Waals surface area (Å²) in [4.78, 5) is 40.6. The number of amides is 1. The molecule has 0 bridgehead atoms. The summed E-state index contributed by atoms with van der Waals surface area (Å²) < 4.78 is 1.56. The van der Waals surface area contributed by atoms with Crippen molar-refractivity contribution in [1.82, 2.24) is 19.5 Å². The van der Waals surface area contributed by atoms with Gasteiger partial charge in [0.05, 0.1) is 5.69 Å². The van der Waals surface area contributed by atoms with Crippen LogP contribution in [0.4, 0.5) is 5.69 Å². The Bertz CT molecular complexity index is 1770. The van der Waals surface area contributed by atoms with Gasteiger partial charge in [0.1, 0.15) is 11.2 Å². The summed E-state index contributed by atoms with van der Waals surface area (Å²) in [6, 6.07) is 20.8. The Hall–Kier alpha value is -4.36. The quantitative estimate of drug-likeness (QED) is 0.240. The highest BCUT2D eigenvalue weighted by Gasteiger charge is 2.22. The number of benzene rings is 2. The number of hydrogen-bond acceptors (Lipinski definition) is 5. The molecule has 0 atom stereocenters. The minimum Gasteiger partial charge on any atom is -0.322 e. The van der Waals surface area contributed by atoms with Crippen LogP contribution in [-0.4, -0.2) is 25.4 Å². The first-order valence-corrected chi connectivity index (χ1v) is 13.7. The van der Waals surface area contributed by atoms with Crippen molar-refractivity contribution in [3.05, 3.63) is 124 Å². The Morgan fingerprint density at radius 3 is 2.19 bits per heavy atom. The molecule has 2 aromatic carbocycles. The van der Waals surface area contributed by atoms with Crippen molar-refractivity contribution in [2.24, 2.45) is 0 Å². The number of halogens is 1. The lowest BCUT2D eigenvalue weighted by Crippen LogP contribution is -2.25. The van der Waals surface area contributed by atoms with Gasteiger partial charge in [-0.15, -0.1) is 12.4 Å². The molecule has 216 valence electrons. The lowest BCUT2D eigenvalue weighted by molar-refractivity contribution is 0.102. The van der Waals surface area contributed by atoms with Crippen LogP contribution in [0, 0.1) is 0 Å². The van der Waals surface area contributed by atoms with Crippen LogP contribution in [0.5, 0.6) is 0 Å². The normalized spacial score (nSPS) is 11.7. The van der Waals surface area contributed by atoms with Crippen molar-refractivity contribution in [3.8, 4) is 5.69 Å². The van der Waals surface area contributed by atoms with Gasteiger partial charge in [-0.25, -0.2) is 9.97 Å². The predicted octanol–water partition coefficient (Wildman–Crippen LogP) is 7.04.